The van der Waals surface area contributed by atoms with E-state index in [0.29, 0.717) is 13.0 Å². The molecule has 0 unspecified atom stereocenters. The van der Waals surface area contributed by atoms with Crippen molar-refractivity contribution in [3.63, 3.8) is 0 Å². The zero-order valence-corrected chi connectivity index (χ0v) is 11.4. The summed E-state index contributed by atoms with van der Waals surface area (Å²) < 4.78 is 5.29. The lowest BCUT2D eigenvalue weighted by atomic mass is 10.0. The van der Waals surface area contributed by atoms with Gasteiger partial charge in [0.1, 0.15) is 0 Å². The van der Waals surface area contributed by atoms with Crippen molar-refractivity contribution in [3.8, 4) is 0 Å². The molecule has 1 aromatic carbocycles. The minimum Gasteiger partial charge on any atom is -0.379 e. The maximum Gasteiger partial charge on any atom is 0.151 e. The van der Waals surface area contributed by atoms with Gasteiger partial charge >= 0.3 is 0 Å². The number of ketones is 1. The molecule has 0 radical (unpaired) electrons. The van der Waals surface area contributed by atoms with Crippen LogP contribution in [-0.2, 0) is 16.0 Å². The lowest BCUT2D eigenvalue weighted by Gasteiger charge is -2.25. The highest BCUT2D eigenvalue weighted by Gasteiger charge is 2.14. The number of hydrogen-bond acceptors (Lipinski definition) is 4. The SMILES string of the molecule is O=C(Cc1ccc2cnccc2c1)CN1CCOCC1. The summed E-state index contributed by atoms with van der Waals surface area (Å²) in [6.45, 7) is 3.70. The summed E-state index contributed by atoms with van der Waals surface area (Å²) in [5.74, 6) is 0.264. The van der Waals surface area contributed by atoms with Crippen LogP contribution in [0.5, 0.6) is 0 Å². The van der Waals surface area contributed by atoms with Crippen LogP contribution >= 0.6 is 0 Å². The van der Waals surface area contributed by atoms with Gasteiger partial charge in [0.25, 0.3) is 0 Å². The molecule has 0 amide bonds. The van der Waals surface area contributed by atoms with E-state index >= 15 is 0 Å². The van der Waals surface area contributed by atoms with Gasteiger partial charge in [-0.2, -0.15) is 0 Å². The molecule has 1 aliphatic rings. The zero-order valence-electron chi connectivity index (χ0n) is 11.4. The van der Waals surface area contributed by atoms with Gasteiger partial charge in [-0.3, -0.25) is 14.7 Å². The highest BCUT2D eigenvalue weighted by Crippen LogP contribution is 2.15. The maximum atomic E-state index is 12.1. The van der Waals surface area contributed by atoms with E-state index in [9.17, 15) is 4.79 Å². The molecular formula is C16H18N2O2. The number of ether oxygens (including phenoxy) is 1. The van der Waals surface area contributed by atoms with Crippen LogP contribution in [0.25, 0.3) is 10.8 Å². The third-order valence-corrected chi connectivity index (χ3v) is 3.61. The number of carbonyl (C=O) groups is 1. The predicted molar refractivity (Wildman–Crippen MR) is 77.7 cm³/mol. The third-order valence-electron chi connectivity index (χ3n) is 3.61. The monoisotopic (exact) mass is 270 g/mol. The molecule has 0 N–H and O–H groups in total. The number of nitrogens with zero attached hydrogens (tertiary/aromatic N) is 2. The van der Waals surface area contributed by atoms with E-state index < -0.39 is 0 Å². The molecular weight excluding hydrogens is 252 g/mol. The quantitative estimate of drug-likeness (QED) is 0.847. The fraction of sp³-hybridized carbons (Fsp3) is 0.375. The van der Waals surface area contributed by atoms with Crippen molar-refractivity contribution >= 4 is 16.6 Å². The molecule has 104 valence electrons. The average Bonchev–Trinajstić information content (AvgIpc) is 2.48. The van der Waals surface area contributed by atoms with Crippen LogP contribution in [-0.4, -0.2) is 48.5 Å². The molecule has 0 atom stereocenters. The number of Topliss-reactive ketones (excluding diaryl/α,β-unsaturated/α-hetero) is 1. The van der Waals surface area contributed by atoms with Crippen LogP contribution in [0.3, 0.4) is 0 Å². The van der Waals surface area contributed by atoms with E-state index in [4.69, 9.17) is 4.74 Å². The predicted octanol–water partition coefficient (Wildman–Crippen LogP) is 1.68. The van der Waals surface area contributed by atoms with Gasteiger partial charge in [0.2, 0.25) is 0 Å². The number of benzene rings is 1. The normalized spacial score (nSPS) is 16.4. The molecule has 4 heteroatoms. The molecule has 0 saturated carbocycles. The van der Waals surface area contributed by atoms with Crippen LogP contribution in [0.4, 0.5) is 0 Å². The molecule has 3 rings (SSSR count). The van der Waals surface area contributed by atoms with Crippen molar-refractivity contribution in [2.45, 2.75) is 6.42 Å². The first-order chi connectivity index (χ1) is 9.81. The van der Waals surface area contributed by atoms with Crippen molar-refractivity contribution in [3.05, 3.63) is 42.2 Å². The van der Waals surface area contributed by atoms with Crippen LogP contribution < -0.4 is 0 Å². The van der Waals surface area contributed by atoms with E-state index in [2.05, 4.69) is 16.0 Å². The Morgan fingerprint density at radius 3 is 2.90 bits per heavy atom. The summed E-state index contributed by atoms with van der Waals surface area (Å²) in [5, 5.41) is 2.24. The van der Waals surface area contributed by atoms with Gasteiger partial charge in [-0.05, 0) is 17.0 Å². The average molecular weight is 270 g/mol. The summed E-state index contributed by atoms with van der Waals surface area (Å²) in [7, 11) is 0. The standard InChI is InChI=1S/C16H18N2O2/c19-16(12-18-5-7-20-8-6-18)10-13-1-2-15-11-17-4-3-14(15)9-13/h1-4,9,11H,5-8,10,12H2. The zero-order chi connectivity index (χ0) is 13.8. The Hall–Kier alpha value is -1.78. The molecule has 1 saturated heterocycles. The van der Waals surface area contributed by atoms with Gasteiger partial charge in [-0.15, -0.1) is 0 Å². The number of rotatable bonds is 4. The van der Waals surface area contributed by atoms with E-state index in [1.807, 2.05) is 24.4 Å². The largest absolute Gasteiger partial charge is 0.379 e. The van der Waals surface area contributed by atoms with Crippen molar-refractivity contribution in [2.24, 2.45) is 0 Å². The summed E-state index contributed by atoms with van der Waals surface area (Å²) in [6.07, 6.45) is 4.12. The van der Waals surface area contributed by atoms with Gasteiger partial charge < -0.3 is 4.74 Å². The number of fused-ring (bicyclic) bond motifs is 1. The van der Waals surface area contributed by atoms with E-state index in [0.717, 1.165) is 42.6 Å². The van der Waals surface area contributed by atoms with Gasteiger partial charge in [0.15, 0.2) is 5.78 Å². The number of pyridine rings is 1. The Bertz CT molecular complexity index is 606. The lowest BCUT2D eigenvalue weighted by Crippen LogP contribution is -2.39. The number of morpholine rings is 1. The molecule has 0 bridgehead atoms. The maximum absolute atomic E-state index is 12.1. The molecule has 0 spiro atoms. The summed E-state index contributed by atoms with van der Waals surface area (Å²) in [6, 6.07) is 8.10. The van der Waals surface area contributed by atoms with Crippen molar-refractivity contribution in [1.82, 2.24) is 9.88 Å². The molecule has 1 fully saturated rings. The second kappa shape index (κ2) is 6.11. The number of aromatic nitrogens is 1. The van der Waals surface area contributed by atoms with E-state index in [-0.39, 0.29) is 5.78 Å². The van der Waals surface area contributed by atoms with Crippen LogP contribution in [0.2, 0.25) is 0 Å². The van der Waals surface area contributed by atoms with Crippen molar-refractivity contribution < 1.29 is 9.53 Å². The fourth-order valence-electron chi connectivity index (χ4n) is 2.54. The molecule has 2 heterocycles. The Morgan fingerprint density at radius 1 is 1.20 bits per heavy atom. The summed E-state index contributed by atoms with van der Waals surface area (Å²) in [5.41, 5.74) is 1.07. The van der Waals surface area contributed by atoms with Gasteiger partial charge in [-0.25, -0.2) is 0 Å². The van der Waals surface area contributed by atoms with Crippen LogP contribution in [0, 0.1) is 0 Å². The Balaban J connectivity index is 1.64. The Morgan fingerprint density at radius 2 is 2.05 bits per heavy atom. The first kappa shape index (κ1) is 13.2. The number of carbonyl (C=O) groups excluding carboxylic acids is 1. The highest BCUT2D eigenvalue weighted by molar-refractivity contribution is 5.86. The number of hydrogen-bond donors (Lipinski definition) is 0. The topological polar surface area (TPSA) is 42.4 Å². The van der Waals surface area contributed by atoms with Gasteiger partial charge in [0.05, 0.1) is 19.8 Å². The van der Waals surface area contributed by atoms with E-state index in [1.54, 1.807) is 6.20 Å². The van der Waals surface area contributed by atoms with E-state index in [1.165, 1.54) is 0 Å². The smallest absolute Gasteiger partial charge is 0.151 e. The summed E-state index contributed by atoms with van der Waals surface area (Å²) in [4.78, 5) is 18.4. The fourth-order valence-corrected chi connectivity index (χ4v) is 2.54. The second-order valence-corrected chi connectivity index (χ2v) is 5.16. The minimum atomic E-state index is 0.264. The second-order valence-electron chi connectivity index (χ2n) is 5.16. The van der Waals surface area contributed by atoms with Crippen LogP contribution in [0.15, 0.2) is 36.7 Å². The molecule has 1 aliphatic heterocycles. The van der Waals surface area contributed by atoms with Crippen molar-refractivity contribution in [1.29, 1.82) is 0 Å². The van der Waals surface area contributed by atoms with Gasteiger partial charge in [0, 0.05) is 37.3 Å². The third kappa shape index (κ3) is 3.21. The first-order valence-corrected chi connectivity index (χ1v) is 6.96. The van der Waals surface area contributed by atoms with Crippen molar-refractivity contribution in [2.75, 3.05) is 32.8 Å². The highest BCUT2D eigenvalue weighted by atomic mass is 16.5. The Labute approximate surface area is 118 Å². The molecule has 20 heavy (non-hydrogen) atoms. The first-order valence-electron chi connectivity index (χ1n) is 6.96. The Kier molecular flexibility index (Phi) is 4.04. The summed E-state index contributed by atoms with van der Waals surface area (Å²) >= 11 is 0. The lowest BCUT2D eigenvalue weighted by molar-refractivity contribution is -0.120. The molecule has 0 aliphatic carbocycles. The molecule has 1 aromatic heterocycles. The van der Waals surface area contributed by atoms with Crippen LogP contribution in [0.1, 0.15) is 5.56 Å². The minimum absolute atomic E-state index is 0.264. The van der Waals surface area contributed by atoms with Gasteiger partial charge in [-0.1, -0.05) is 18.2 Å². The molecule has 4 nitrogen and oxygen atoms in total. The molecule has 2 aromatic rings.